The summed E-state index contributed by atoms with van der Waals surface area (Å²) in [5.41, 5.74) is 1.13. The standard InChI is InChI=1S/C24H33N3O4/c1-17-14-19-15-18(8-9-20(19)27(17)22(29)31-24(5,6)7)16-25-10-12-26(13-11-25)21(28)30-23(2,3)4/h1,8-9,14-15H,10-13,16H2,2-7H3. The van der Waals surface area contributed by atoms with Crippen molar-refractivity contribution in [2.24, 2.45) is 0 Å². The first-order chi connectivity index (χ1) is 14.3. The first-order valence-corrected chi connectivity index (χ1v) is 10.7. The average Bonchev–Trinajstić information content (AvgIpc) is 2.94. The highest BCUT2D eigenvalue weighted by Crippen LogP contribution is 2.24. The zero-order chi connectivity index (χ0) is 23.0. The van der Waals surface area contributed by atoms with E-state index >= 15 is 0 Å². The van der Waals surface area contributed by atoms with E-state index in [2.05, 4.69) is 4.90 Å². The summed E-state index contributed by atoms with van der Waals surface area (Å²) >= 11 is 0. The lowest BCUT2D eigenvalue weighted by atomic mass is 10.1. The minimum absolute atomic E-state index is 0.257. The molecule has 0 N–H and O–H groups in total. The quantitative estimate of drug-likeness (QED) is 0.704. The molecule has 0 saturated carbocycles. The molecule has 1 amide bonds. The van der Waals surface area contributed by atoms with Gasteiger partial charge in [-0.25, -0.2) is 14.2 Å². The van der Waals surface area contributed by atoms with Crippen LogP contribution in [0, 0.1) is 6.92 Å². The molecule has 2 heterocycles. The van der Waals surface area contributed by atoms with Gasteiger partial charge in [0, 0.05) is 50.7 Å². The third-order valence-electron chi connectivity index (χ3n) is 4.90. The van der Waals surface area contributed by atoms with Crippen molar-refractivity contribution in [3.63, 3.8) is 0 Å². The Hall–Kier alpha value is -2.54. The van der Waals surface area contributed by atoms with Crippen LogP contribution < -0.4 is 0 Å². The SMILES string of the molecule is [CH]c1cc2cc(CN3CCN(C(=O)OC(C)(C)C)CC3)ccc2n1C(=O)OC(C)(C)C. The second-order valence-electron chi connectivity index (χ2n) is 10.0. The first-order valence-electron chi connectivity index (χ1n) is 10.7. The summed E-state index contributed by atoms with van der Waals surface area (Å²) in [5.74, 6) is 0. The van der Waals surface area contributed by atoms with Crippen molar-refractivity contribution in [3.8, 4) is 0 Å². The first kappa shape index (κ1) is 23.1. The molecule has 0 unspecified atom stereocenters. The topological polar surface area (TPSA) is 64.0 Å². The Morgan fingerprint density at radius 2 is 1.48 bits per heavy atom. The Bertz CT molecular complexity index is 958. The molecule has 0 atom stereocenters. The van der Waals surface area contributed by atoms with Crippen molar-refractivity contribution in [1.82, 2.24) is 14.4 Å². The molecule has 1 aliphatic heterocycles. The van der Waals surface area contributed by atoms with Crippen LogP contribution in [-0.4, -0.2) is 63.9 Å². The van der Waals surface area contributed by atoms with Gasteiger partial charge in [0.1, 0.15) is 11.2 Å². The Balaban J connectivity index is 1.65. The predicted octanol–water partition coefficient (Wildman–Crippen LogP) is 4.54. The summed E-state index contributed by atoms with van der Waals surface area (Å²) in [6.45, 7) is 20.8. The maximum Gasteiger partial charge on any atom is 0.419 e. The van der Waals surface area contributed by atoms with Gasteiger partial charge in [-0.3, -0.25) is 4.90 Å². The number of ether oxygens (including phenoxy) is 2. The molecule has 2 aromatic rings. The van der Waals surface area contributed by atoms with Crippen LogP contribution in [0.5, 0.6) is 0 Å². The second kappa shape index (κ2) is 8.54. The number of piperazine rings is 1. The van der Waals surface area contributed by atoms with E-state index in [-0.39, 0.29) is 6.09 Å². The fourth-order valence-corrected chi connectivity index (χ4v) is 3.57. The molecule has 2 radical (unpaired) electrons. The van der Waals surface area contributed by atoms with Crippen molar-refractivity contribution < 1.29 is 19.1 Å². The fourth-order valence-electron chi connectivity index (χ4n) is 3.57. The predicted molar refractivity (Wildman–Crippen MR) is 120 cm³/mol. The van der Waals surface area contributed by atoms with Gasteiger partial charge in [-0.1, -0.05) is 6.07 Å². The van der Waals surface area contributed by atoms with Gasteiger partial charge in [-0.15, -0.1) is 0 Å². The summed E-state index contributed by atoms with van der Waals surface area (Å²) in [6, 6.07) is 7.75. The van der Waals surface area contributed by atoms with E-state index in [1.54, 1.807) is 11.0 Å². The van der Waals surface area contributed by atoms with Crippen molar-refractivity contribution in [1.29, 1.82) is 0 Å². The van der Waals surface area contributed by atoms with Crippen LogP contribution in [-0.2, 0) is 16.0 Å². The summed E-state index contributed by atoms with van der Waals surface area (Å²) in [7, 11) is 0. The minimum Gasteiger partial charge on any atom is -0.444 e. The lowest BCUT2D eigenvalue weighted by Crippen LogP contribution is -2.49. The summed E-state index contributed by atoms with van der Waals surface area (Å²) in [5, 5.41) is 0.897. The molecule has 1 aromatic heterocycles. The van der Waals surface area contributed by atoms with Gasteiger partial charge < -0.3 is 14.4 Å². The maximum absolute atomic E-state index is 12.5. The van der Waals surface area contributed by atoms with Crippen LogP contribution in [0.3, 0.4) is 0 Å². The largest absolute Gasteiger partial charge is 0.444 e. The molecule has 31 heavy (non-hydrogen) atoms. The molecule has 0 spiro atoms. The van der Waals surface area contributed by atoms with Crippen LogP contribution in [0.4, 0.5) is 9.59 Å². The number of aromatic nitrogens is 1. The van der Waals surface area contributed by atoms with Crippen molar-refractivity contribution >= 4 is 23.1 Å². The van der Waals surface area contributed by atoms with E-state index in [0.29, 0.717) is 18.8 Å². The van der Waals surface area contributed by atoms with E-state index in [4.69, 9.17) is 16.4 Å². The Labute approximate surface area is 184 Å². The van der Waals surface area contributed by atoms with Crippen LogP contribution in [0.15, 0.2) is 24.3 Å². The van der Waals surface area contributed by atoms with Gasteiger partial charge in [0.05, 0.1) is 5.52 Å². The molecule has 168 valence electrons. The van der Waals surface area contributed by atoms with Gasteiger partial charge in [0.25, 0.3) is 0 Å². The van der Waals surface area contributed by atoms with E-state index in [9.17, 15) is 9.59 Å². The molecule has 3 rings (SSSR count). The number of nitrogens with zero attached hydrogens (tertiary/aromatic N) is 3. The molecular weight excluding hydrogens is 394 g/mol. The Morgan fingerprint density at radius 1 is 0.903 bits per heavy atom. The highest BCUT2D eigenvalue weighted by atomic mass is 16.6. The molecule has 0 bridgehead atoms. The molecular formula is C24H33N3O4. The summed E-state index contributed by atoms with van der Waals surface area (Å²) in [4.78, 5) is 28.8. The van der Waals surface area contributed by atoms with Gasteiger partial charge in [-0.2, -0.15) is 0 Å². The second-order valence-corrected chi connectivity index (χ2v) is 10.0. The van der Waals surface area contributed by atoms with Crippen molar-refractivity contribution in [3.05, 3.63) is 42.4 Å². The highest BCUT2D eigenvalue weighted by Gasteiger charge is 2.26. The van der Waals surface area contributed by atoms with Gasteiger partial charge in [0.15, 0.2) is 0 Å². The van der Waals surface area contributed by atoms with Crippen molar-refractivity contribution in [2.75, 3.05) is 26.2 Å². The number of carbonyl (C=O) groups is 2. The lowest BCUT2D eigenvalue weighted by molar-refractivity contribution is 0.0139. The molecule has 0 aliphatic carbocycles. The fraction of sp³-hybridized carbons (Fsp3) is 0.542. The van der Waals surface area contributed by atoms with E-state index in [1.165, 1.54) is 4.57 Å². The summed E-state index contributed by atoms with van der Waals surface area (Å²) in [6.07, 6.45) is -0.737. The van der Waals surface area contributed by atoms with Crippen LogP contribution in [0.1, 0.15) is 52.8 Å². The number of hydrogen-bond donors (Lipinski definition) is 0. The smallest absolute Gasteiger partial charge is 0.419 e. The number of rotatable bonds is 2. The Morgan fingerprint density at radius 3 is 2.06 bits per heavy atom. The Kier molecular flexibility index (Phi) is 6.37. The van der Waals surface area contributed by atoms with E-state index < -0.39 is 17.3 Å². The summed E-state index contributed by atoms with van der Waals surface area (Å²) < 4.78 is 12.3. The van der Waals surface area contributed by atoms with Crippen LogP contribution >= 0.6 is 0 Å². The number of hydrogen-bond acceptors (Lipinski definition) is 5. The third-order valence-corrected chi connectivity index (χ3v) is 4.90. The zero-order valence-corrected chi connectivity index (χ0v) is 19.4. The number of fused-ring (bicyclic) bond motifs is 1. The number of amides is 1. The molecule has 1 aliphatic rings. The zero-order valence-electron chi connectivity index (χ0n) is 19.4. The van der Waals surface area contributed by atoms with Gasteiger partial charge in [-0.05, 0) is 65.3 Å². The number of carbonyl (C=O) groups excluding carboxylic acids is 2. The monoisotopic (exact) mass is 427 g/mol. The molecule has 1 aromatic carbocycles. The highest BCUT2D eigenvalue weighted by molar-refractivity contribution is 5.91. The minimum atomic E-state index is -0.596. The molecule has 1 fully saturated rings. The molecule has 7 heteroatoms. The van der Waals surface area contributed by atoms with E-state index in [0.717, 1.165) is 36.1 Å². The number of benzene rings is 1. The van der Waals surface area contributed by atoms with Gasteiger partial charge >= 0.3 is 12.2 Å². The maximum atomic E-state index is 12.5. The van der Waals surface area contributed by atoms with Crippen LogP contribution in [0.2, 0.25) is 0 Å². The molecule has 1 saturated heterocycles. The lowest BCUT2D eigenvalue weighted by Gasteiger charge is -2.35. The molecule has 7 nitrogen and oxygen atoms in total. The van der Waals surface area contributed by atoms with Gasteiger partial charge in [0.2, 0.25) is 0 Å². The van der Waals surface area contributed by atoms with Crippen LogP contribution in [0.25, 0.3) is 10.9 Å². The normalized spacial score (nSPS) is 15.9. The average molecular weight is 428 g/mol. The van der Waals surface area contributed by atoms with Crippen molar-refractivity contribution in [2.45, 2.75) is 59.3 Å². The third kappa shape index (κ3) is 6.00. The van der Waals surface area contributed by atoms with E-state index in [1.807, 2.05) is 59.7 Å².